The maximum absolute atomic E-state index is 13.2. The van der Waals surface area contributed by atoms with Gasteiger partial charge in [0.2, 0.25) is 10.0 Å². The lowest BCUT2D eigenvalue weighted by Crippen LogP contribution is -2.42. The standard InChI is InChI=1S/C19H26N4O2S/c1-16-6-2-3-7-19(16)26(24,25)22-14-17-8-10-20-23(17)18(15-22)9-13-21-11-4-5-12-21/h2-3,6-8,10,18H,4-5,9,11-15H2,1H3/t18-/m1/s1. The Morgan fingerprint density at radius 2 is 1.92 bits per heavy atom. The maximum atomic E-state index is 13.2. The SMILES string of the molecule is Cc1ccccc1S(=O)(=O)N1Cc2ccnn2[C@H](CCN2CCCC2)C1. The van der Waals surface area contributed by atoms with Crippen molar-refractivity contribution in [3.05, 3.63) is 47.8 Å². The monoisotopic (exact) mass is 374 g/mol. The molecule has 0 radical (unpaired) electrons. The van der Waals surface area contributed by atoms with Gasteiger partial charge in [0, 0.05) is 19.3 Å². The van der Waals surface area contributed by atoms with Crippen LogP contribution in [0, 0.1) is 6.92 Å². The molecule has 3 heterocycles. The summed E-state index contributed by atoms with van der Waals surface area (Å²) in [5.74, 6) is 0. The van der Waals surface area contributed by atoms with E-state index in [-0.39, 0.29) is 6.04 Å². The minimum atomic E-state index is -3.50. The van der Waals surface area contributed by atoms with E-state index in [2.05, 4.69) is 10.00 Å². The molecule has 1 aromatic heterocycles. The Morgan fingerprint density at radius 3 is 2.69 bits per heavy atom. The van der Waals surface area contributed by atoms with E-state index in [1.54, 1.807) is 22.6 Å². The van der Waals surface area contributed by atoms with E-state index < -0.39 is 10.0 Å². The van der Waals surface area contributed by atoms with Crippen LogP contribution < -0.4 is 0 Å². The molecule has 0 saturated carbocycles. The number of hydrogen-bond donors (Lipinski definition) is 0. The van der Waals surface area contributed by atoms with Crippen LogP contribution in [-0.4, -0.2) is 53.6 Å². The van der Waals surface area contributed by atoms with Gasteiger partial charge in [-0.25, -0.2) is 8.42 Å². The minimum Gasteiger partial charge on any atom is -0.303 e. The number of likely N-dealkylation sites (tertiary alicyclic amines) is 1. The molecule has 140 valence electrons. The highest BCUT2D eigenvalue weighted by Crippen LogP contribution is 2.29. The highest BCUT2D eigenvalue weighted by Gasteiger charge is 2.34. The first-order chi connectivity index (χ1) is 12.6. The lowest BCUT2D eigenvalue weighted by molar-refractivity contribution is 0.226. The van der Waals surface area contributed by atoms with Gasteiger partial charge in [-0.05, 0) is 57.0 Å². The van der Waals surface area contributed by atoms with Crippen molar-refractivity contribution < 1.29 is 8.42 Å². The van der Waals surface area contributed by atoms with Crippen molar-refractivity contribution >= 4 is 10.0 Å². The zero-order chi connectivity index (χ0) is 18.1. The topological polar surface area (TPSA) is 58.4 Å². The number of aromatic nitrogens is 2. The fourth-order valence-corrected chi connectivity index (χ4v) is 5.75. The van der Waals surface area contributed by atoms with Gasteiger partial charge in [-0.3, -0.25) is 4.68 Å². The fraction of sp³-hybridized carbons (Fsp3) is 0.526. The average Bonchev–Trinajstić information content (AvgIpc) is 3.31. The quantitative estimate of drug-likeness (QED) is 0.806. The highest BCUT2D eigenvalue weighted by molar-refractivity contribution is 7.89. The van der Waals surface area contributed by atoms with E-state index >= 15 is 0 Å². The summed E-state index contributed by atoms with van der Waals surface area (Å²) in [7, 11) is -3.50. The van der Waals surface area contributed by atoms with Crippen molar-refractivity contribution in [1.29, 1.82) is 0 Å². The summed E-state index contributed by atoms with van der Waals surface area (Å²) >= 11 is 0. The lowest BCUT2D eigenvalue weighted by atomic mass is 10.1. The number of rotatable bonds is 5. The summed E-state index contributed by atoms with van der Waals surface area (Å²) in [4.78, 5) is 2.88. The second-order valence-corrected chi connectivity index (χ2v) is 9.23. The third-order valence-electron chi connectivity index (χ3n) is 5.54. The molecule has 0 aliphatic carbocycles. The molecule has 2 aliphatic heterocycles. The van der Waals surface area contributed by atoms with Crippen LogP contribution in [0.3, 0.4) is 0 Å². The predicted octanol–water partition coefficient (Wildman–Crippen LogP) is 2.42. The Kier molecular flexibility index (Phi) is 4.86. The number of hydrogen-bond acceptors (Lipinski definition) is 4. The van der Waals surface area contributed by atoms with Gasteiger partial charge in [0.05, 0.1) is 23.2 Å². The van der Waals surface area contributed by atoms with Gasteiger partial charge in [0.1, 0.15) is 0 Å². The van der Waals surface area contributed by atoms with Crippen LogP contribution >= 0.6 is 0 Å². The van der Waals surface area contributed by atoms with Gasteiger partial charge in [-0.15, -0.1) is 0 Å². The molecule has 4 rings (SSSR count). The molecule has 7 heteroatoms. The van der Waals surface area contributed by atoms with Gasteiger partial charge in [-0.1, -0.05) is 18.2 Å². The molecule has 2 aliphatic rings. The molecule has 0 unspecified atom stereocenters. The molecule has 0 N–H and O–H groups in total. The summed E-state index contributed by atoms with van der Waals surface area (Å²) in [6.07, 6.45) is 5.24. The Labute approximate surface area is 155 Å². The largest absolute Gasteiger partial charge is 0.303 e. The number of nitrogens with zero attached hydrogens (tertiary/aromatic N) is 4. The van der Waals surface area contributed by atoms with Crippen molar-refractivity contribution in [3.63, 3.8) is 0 Å². The lowest BCUT2D eigenvalue weighted by Gasteiger charge is -2.34. The van der Waals surface area contributed by atoms with Gasteiger partial charge >= 0.3 is 0 Å². The number of fused-ring (bicyclic) bond motifs is 1. The second-order valence-electron chi connectivity index (χ2n) is 7.32. The Morgan fingerprint density at radius 1 is 1.15 bits per heavy atom. The van der Waals surface area contributed by atoms with E-state index in [4.69, 9.17) is 0 Å². The summed E-state index contributed by atoms with van der Waals surface area (Å²) in [6.45, 7) is 6.04. The zero-order valence-corrected chi connectivity index (χ0v) is 16.0. The molecule has 1 saturated heterocycles. The molecule has 1 atom stereocenters. The minimum absolute atomic E-state index is 0.0909. The predicted molar refractivity (Wildman–Crippen MR) is 100 cm³/mol. The highest BCUT2D eigenvalue weighted by atomic mass is 32.2. The normalized spacial score (nSPS) is 21.8. The third-order valence-corrected chi connectivity index (χ3v) is 7.51. The first-order valence-corrected chi connectivity index (χ1v) is 10.8. The first-order valence-electron chi connectivity index (χ1n) is 9.36. The van der Waals surface area contributed by atoms with Gasteiger partial charge < -0.3 is 4.90 Å². The number of benzene rings is 1. The van der Waals surface area contributed by atoms with Crippen LogP contribution in [0.15, 0.2) is 41.4 Å². The Bertz CT molecular complexity index is 871. The van der Waals surface area contributed by atoms with Crippen LogP contribution in [-0.2, 0) is 16.6 Å². The molecule has 2 aromatic rings. The first kappa shape index (κ1) is 17.7. The smallest absolute Gasteiger partial charge is 0.243 e. The van der Waals surface area contributed by atoms with E-state index in [0.29, 0.717) is 18.0 Å². The molecular weight excluding hydrogens is 348 g/mol. The van der Waals surface area contributed by atoms with E-state index in [9.17, 15) is 8.42 Å². The van der Waals surface area contributed by atoms with E-state index in [1.807, 2.05) is 29.8 Å². The molecule has 1 aromatic carbocycles. The molecule has 26 heavy (non-hydrogen) atoms. The molecule has 0 bridgehead atoms. The molecule has 0 amide bonds. The maximum Gasteiger partial charge on any atom is 0.243 e. The summed E-state index contributed by atoms with van der Waals surface area (Å²) < 4.78 is 30.1. The Balaban J connectivity index is 1.57. The molecule has 6 nitrogen and oxygen atoms in total. The van der Waals surface area contributed by atoms with Crippen molar-refractivity contribution in [3.8, 4) is 0 Å². The van der Waals surface area contributed by atoms with Gasteiger partial charge in [0.25, 0.3) is 0 Å². The Hall–Kier alpha value is -1.70. The van der Waals surface area contributed by atoms with E-state index in [1.165, 1.54) is 12.8 Å². The third kappa shape index (κ3) is 3.31. The number of aryl methyl sites for hydroxylation is 1. The summed E-state index contributed by atoms with van der Waals surface area (Å²) in [5.41, 5.74) is 1.76. The van der Waals surface area contributed by atoms with Crippen LogP contribution in [0.2, 0.25) is 0 Å². The van der Waals surface area contributed by atoms with Crippen molar-refractivity contribution in [2.45, 2.75) is 43.7 Å². The fourth-order valence-electron chi connectivity index (χ4n) is 4.07. The zero-order valence-electron chi connectivity index (χ0n) is 15.2. The molecule has 0 spiro atoms. The van der Waals surface area contributed by atoms with Crippen molar-refractivity contribution in [2.75, 3.05) is 26.2 Å². The molecular formula is C19H26N4O2S. The van der Waals surface area contributed by atoms with Gasteiger partial charge in [-0.2, -0.15) is 9.40 Å². The number of sulfonamides is 1. The second kappa shape index (κ2) is 7.13. The van der Waals surface area contributed by atoms with Crippen molar-refractivity contribution in [1.82, 2.24) is 19.0 Å². The van der Waals surface area contributed by atoms with Crippen LogP contribution in [0.25, 0.3) is 0 Å². The van der Waals surface area contributed by atoms with Crippen LogP contribution in [0.5, 0.6) is 0 Å². The van der Waals surface area contributed by atoms with E-state index in [0.717, 1.165) is 37.3 Å². The average molecular weight is 375 g/mol. The van der Waals surface area contributed by atoms with Crippen LogP contribution in [0.1, 0.15) is 36.6 Å². The summed E-state index contributed by atoms with van der Waals surface area (Å²) in [5, 5.41) is 4.47. The van der Waals surface area contributed by atoms with Crippen molar-refractivity contribution in [2.24, 2.45) is 0 Å². The summed E-state index contributed by atoms with van der Waals surface area (Å²) in [6, 6.07) is 9.25. The molecule has 1 fully saturated rings. The van der Waals surface area contributed by atoms with Gasteiger partial charge in [0.15, 0.2) is 0 Å². The van der Waals surface area contributed by atoms with Crippen LogP contribution in [0.4, 0.5) is 0 Å².